The summed E-state index contributed by atoms with van der Waals surface area (Å²) in [5, 5.41) is 17.1. The lowest BCUT2D eigenvalue weighted by Gasteiger charge is -2.32. The van der Waals surface area contributed by atoms with Gasteiger partial charge in [0.2, 0.25) is 0 Å². The highest BCUT2D eigenvalue weighted by Gasteiger charge is 2.29. The van der Waals surface area contributed by atoms with Gasteiger partial charge in [-0.1, -0.05) is 30.3 Å². The highest BCUT2D eigenvalue weighted by molar-refractivity contribution is 5.24. The van der Waals surface area contributed by atoms with E-state index in [1.54, 1.807) is 11.0 Å². The number of aliphatic hydroxyl groups excluding tert-OH is 1. The van der Waals surface area contributed by atoms with Crippen molar-refractivity contribution in [2.75, 3.05) is 13.7 Å². The van der Waals surface area contributed by atoms with E-state index in [9.17, 15) is 5.11 Å². The van der Waals surface area contributed by atoms with Gasteiger partial charge in [0.05, 0.1) is 12.1 Å². The molecule has 0 radical (unpaired) electrons. The van der Waals surface area contributed by atoms with Crippen LogP contribution in [0.3, 0.4) is 0 Å². The second kappa shape index (κ2) is 5.75. The SMILES string of the molecule is CNC(CO)(CCn1cncn1)c1ccccc1. The Balaban J connectivity index is 2.16. The van der Waals surface area contributed by atoms with Crippen molar-refractivity contribution in [3.05, 3.63) is 48.5 Å². The number of rotatable bonds is 6. The van der Waals surface area contributed by atoms with Crippen LogP contribution < -0.4 is 5.32 Å². The number of hydrogen-bond acceptors (Lipinski definition) is 4. The summed E-state index contributed by atoms with van der Waals surface area (Å²) in [6.07, 6.45) is 3.94. The monoisotopic (exact) mass is 246 g/mol. The van der Waals surface area contributed by atoms with Gasteiger partial charge in [0.1, 0.15) is 12.7 Å². The fourth-order valence-electron chi connectivity index (χ4n) is 2.07. The molecule has 18 heavy (non-hydrogen) atoms. The van der Waals surface area contributed by atoms with Crippen molar-refractivity contribution in [1.82, 2.24) is 20.1 Å². The molecule has 2 aromatic rings. The second-order valence-electron chi connectivity index (χ2n) is 4.26. The molecule has 5 heteroatoms. The van der Waals surface area contributed by atoms with Gasteiger partial charge in [-0.25, -0.2) is 4.98 Å². The number of nitrogens with one attached hydrogen (secondary N) is 1. The van der Waals surface area contributed by atoms with Crippen LogP contribution in [0.5, 0.6) is 0 Å². The third-order valence-electron chi connectivity index (χ3n) is 3.31. The van der Waals surface area contributed by atoms with Crippen molar-refractivity contribution in [3.63, 3.8) is 0 Å². The van der Waals surface area contributed by atoms with Gasteiger partial charge in [-0.3, -0.25) is 4.68 Å². The van der Waals surface area contributed by atoms with Crippen LogP contribution in [0.15, 0.2) is 43.0 Å². The summed E-state index contributed by atoms with van der Waals surface area (Å²) >= 11 is 0. The zero-order chi connectivity index (χ0) is 12.8. The molecule has 1 aromatic heterocycles. The Bertz CT molecular complexity index is 451. The summed E-state index contributed by atoms with van der Waals surface area (Å²) < 4.78 is 1.77. The van der Waals surface area contributed by atoms with Crippen LogP contribution >= 0.6 is 0 Å². The summed E-state index contributed by atoms with van der Waals surface area (Å²) in [5.41, 5.74) is 0.642. The van der Waals surface area contributed by atoms with Crippen LogP contribution in [0.2, 0.25) is 0 Å². The van der Waals surface area contributed by atoms with Crippen LogP contribution in [0.1, 0.15) is 12.0 Å². The van der Waals surface area contributed by atoms with Crippen LogP contribution in [-0.2, 0) is 12.1 Å². The Morgan fingerprint density at radius 1 is 1.33 bits per heavy atom. The molecule has 5 nitrogen and oxygen atoms in total. The van der Waals surface area contributed by atoms with Gasteiger partial charge in [0.15, 0.2) is 0 Å². The number of aryl methyl sites for hydroxylation is 1. The molecule has 0 amide bonds. The van der Waals surface area contributed by atoms with Gasteiger partial charge in [0, 0.05) is 6.54 Å². The molecule has 1 atom stereocenters. The highest BCUT2D eigenvalue weighted by atomic mass is 16.3. The molecule has 0 aliphatic rings. The molecule has 0 saturated heterocycles. The predicted molar refractivity (Wildman–Crippen MR) is 68.9 cm³/mol. The van der Waals surface area contributed by atoms with E-state index in [1.165, 1.54) is 6.33 Å². The summed E-state index contributed by atoms with van der Waals surface area (Å²) in [4.78, 5) is 3.92. The van der Waals surface area contributed by atoms with Crippen molar-refractivity contribution < 1.29 is 5.11 Å². The van der Waals surface area contributed by atoms with Gasteiger partial charge in [-0.2, -0.15) is 5.10 Å². The van der Waals surface area contributed by atoms with Crippen molar-refractivity contribution in [2.45, 2.75) is 18.5 Å². The largest absolute Gasteiger partial charge is 0.394 e. The Hall–Kier alpha value is -1.72. The molecule has 0 bridgehead atoms. The van der Waals surface area contributed by atoms with Gasteiger partial charge in [-0.15, -0.1) is 0 Å². The lowest BCUT2D eigenvalue weighted by molar-refractivity contribution is 0.152. The standard InChI is InChI=1S/C13H18N4O/c1-14-13(9-18,12-5-3-2-4-6-12)7-8-17-11-15-10-16-17/h2-6,10-11,14,18H,7-9H2,1H3. The Morgan fingerprint density at radius 2 is 2.11 bits per heavy atom. The maximum Gasteiger partial charge on any atom is 0.137 e. The molecule has 0 aliphatic heterocycles. The Kier molecular flexibility index (Phi) is 4.07. The minimum absolute atomic E-state index is 0.0439. The summed E-state index contributed by atoms with van der Waals surface area (Å²) in [5.74, 6) is 0. The molecule has 0 saturated carbocycles. The summed E-state index contributed by atoms with van der Waals surface area (Å²) in [6, 6.07) is 9.97. The number of benzene rings is 1. The maximum atomic E-state index is 9.75. The molecule has 1 aromatic carbocycles. The minimum Gasteiger partial charge on any atom is -0.394 e. The van der Waals surface area contributed by atoms with Crippen molar-refractivity contribution >= 4 is 0 Å². The van der Waals surface area contributed by atoms with Gasteiger partial charge >= 0.3 is 0 Å². The van der Waals surface area contributed by atoms with Crippen LogP contribution in [-0.4, -0.2) is 33.5 Å². The topological polar surface area (TPSA) is 63.0 Å². The number of aliphatic hydroxyl groups is 1. The average Bonchev–Trinajstić information content (AvgIpc) is 2.95. The average molecular weight is 246 g/mol. The quantitative estimate of drug-likeness (QED) is 0.790. The first-order chi connectivity index (χ1) is 8.80. The fourth-order valence-corrected chi connectivity index (χ4v) is 2.07. The molecular formula is C13H18N4O. The van der Waals surface area contributed by atoms with E-state index >= 15 is 0 Å². The summed E-state index contributed by atoms with van der Waals surface area (Å²) in [7, 11) is 1.87. The Labute approximate surface area is 106 Å². The van der Waals surface area contributed by atoms with E-state index < -0.39 is 5.54 Å². The fraction of sp³-hybridized carbons (Fsp3) is 0.385. The molecule has 2 rings (SSSR count). The molecule has 96 valence electrons. The molecule has 0 aliphatic carbocycles. The number of likely N-dealkylation sites (N-methyl/N-ethyl adjacent to an activating group) is 1. The zero-order valence-electron chi connectivity index (χ0n) is 10.5. The first kappa shape index (κ1) is 12.7. The van der Waals surface area contributed by atoms with Gasteiger partial charge < -0.3 is 10.4 Å². The van der Waals surface area contributed by atoms with Crippen LogP contribution in [0, 0.1) is 0 Å². The molecule has 1 heterocycles. The Morgan fingerprint density at radius 3 is 2.67 bits per heavy atom. The first-order valence-electron chi connectivity index (χ1n) is 5.98. The number of aromatic nitrogens is 3. The normalized spacial score (nSPS) is 14.3. The molecule has 1 unspecified atom stereocenters. The zero-order valence-corrected chi connectivity index (χ0v) is 10.5. The lowest BCUT2D eigenvalue weighted by atomic mass is 9.87. The maximum absolute atomic E-state index is 9.75. The second-order valence-corrected chi connectivity index (χ2v) is 4.26. The molecule has 2 N–H and O–H groups in total. The van der Waals surface area contributed by atoms with Crippen LogP contribution in [0.25, 0.3) is 0 Å². The molecule has 0 fully saturated rings. The van der Waals surface area contributed by atoms with Crippen LogP contribution in [0.4, 0.5) is 0 Å². The van der Waals surface area contributed by atoms with E-state index in [0.717, 1.165) is 12.0 Å². The van der Waals surface area contributed by atoms with Crippen molar-refractivity contribution in [1.29, 1.82) is 0 Å². The smallest absolute Gasteiger partial charge is 0.137 e. The highest BCUT2D eigenvalue weighted by Crippen LogP contribution is 2.24. The first-order valence-corrected chi connectivity index (χ1v) is 5.98. The van der Waals surface area contributed by atoms with E-state index in [4.69, 9.17) is 0 Å². The summed E-state index contributed by atoms with van der Waals surface area (Å²) in [6.45, 7) is 0.749. The third-order valence-corrected chi connectivity index (χ3v) is 3.31. The van der Waals surface area contributed by atoms with E-state index in [1.807, 2.05) is 37.4 Å². The van der Waals surface area contributed by atoms with E-state index in [2.05, 4.69) is 15.4 Å². The molecule has 0 spiro atoms. The van der Waals surface area contributed by atoms with Gasteiger partial charge in [-0.05, 0) is 19.0 Å². The van der Waals surface area contributed by atoms with E-state index in [0.29, 0.717) is 6.54 Å². The number of hydrogen-bond donors (Lipinski definition) is 2. The van der Waals surface area contributed by atoms with Crippen molar-refractivity contribution in [2.24, 2.45) is 0 Å². The van der Waals surface area contributed by atoms with Crippen molar-refractivity contribution in [3.8, 4) is 0 Å². The molecular weight excluding hydrogens is 228 g/mol. The van der Waals surface area contributed by atoms with Gasteiger partial charge in [0.25, 0.3) is 0 Å². The lowest BCUT2D eigenvalue weighted by Crippen LogP contribution is -2.44. The minimum atomic E-state index is -0.437. The third kappa shape index (κ3) is 2.57. The predicted octanol–water partition coefficient (Wildman–Crippen LogP) is 0.775. The number of nitrogens with zero attached hydrogens (tertiary/aromatic N) is 3. The van der Waals surface area contributed by atoms with E-state index in [-0.39, 0.29) is 6.61 Å².